The van der Waals surface area contributed by atoms with Gasteiger partial charge in [-0.25, -0.2) is 0 Å². The Morgan fingerprint density at radius 2 is 1.88 bits per heavy atom. The maximum Gasteiger partial charge on any atom is 0.193 e. The van der Waals surface area contributed by atoms with Crippen molar-refractivity contribution in [2.24, 2.45) is 16.8 Å². The fraction of sp³-hybridized carbons (Fsp3) is 0.947. The highest BCUT2D eigenvalue weighted by molar-refractivity contribution is 14.0. The van der Waals surface area contributed by atoms with Crippen molar-refractivity contribution < 1.29 is 4.74 Å². The molecule has 2 saturated heterocycles. The molecular formula is C19H39IN4O. The summed E-state index contributed by atoms with van der Waals surface area (Å²) in [5, 5.41) is 3.53. The van der Waals surface area contributed by atoms with Gasteiger partial charge in [-0.1, -0.05) is 6.92 Å². The third-order valence-electron chi connectivity index (χ3n) is 5.60. The lowest BCUT2D eigenvalue weighted by atomic mass is 9.96. The number of halogens is 1. The summed E-state index contributed by atoms with van der Waals surface area (Å²) >= 11 is 0. The van der Waals surface area contributed by atoms with Gasteiger partial charge in [0, 0.05) is 40.4 Å². The van der Waals surface area contributed by atoms with E-state index in [1.165, 1.54) is 58.2 Å². The Labute approximate surface area is 172 Å². The number of rotatable bonds is 7. The highest BCUT2D eigenvalue weighted by atomic mass is 127. The minimum absolute atomic E-state index is 0. The van der Waals surface area contributed by atoms with Gasteiger partial charge in [0.05, 0.1) is 0 Å². The number of guanidine groups is 1. The zero-order chi connectivity index (χ0) is 17.2. The van der Waals surface area contributed by atoms with Crippen LogP contribution in [0.5, 0.6) is 0 Å². The van der Waals surface area contributed by atoms with Crippen molar-refractivity contribution >= 4 is 29.9 Å². The van der Waals surface area contributed by atoms with Gasteiger partial charge in [-0.3, -0.25) is 4.99 Å². The zero-order valence-corrected chi connectivity index (χ0v) is 18.8. The molecule has 0 saturated carbocycles. The molecule has 0 aromatic rings. The predicted molar refractivity (Wildman–Crippen MR) is 117 cm³/mol. The van der Waals surface area contributed by atoms with Gasteiger partial charge >= 0.3 is 0 Å². The number of nitrogens with zero attached hydrogens (tertiary/aromatic N) is 3. The predicted octanol–water partition coefficient (Wildman–Crippen LogP) is 3.05. The number of piperidine rings is 1. The summed E-state index contributed by atoms with van der Waals surface area (Å²) in [5.74, 6) is 2.78. The maximum absolute atomic E-state index is 5.44. The van der Waals surface area contributed by atoms with Crippen molar-refractivity contribution in [1.82, 2.24) is 15.1 Å². The Bertz CT molecular complexity index is 366. The van der Waals surface area contributed by atoms with Gasteiger partial charge in [0.1, 0.15) is 0 Å². The zero-order valence-electron chi connectivity index (χ0n) is 16.5. The van der Waals surface area contributed by atoms with Gasteiger partial charge in [0.25, 0.3) is 0 Å². The van der Waals surface area contributed by atoms with E-state index in [2.05, 4.69) is 34.1 Å². The SMILES string of the molecule is CN=C(NCCCN1CCC(C)CC1)N(C)CCC1CCOCC1.I. The van der Waals surface area contributed by atoms with Crippen molar-refractivity contribution in [2.45, 2.75) is 45.4 Å². The van der Waals surface area contributed by atoms with Crippen molar-refractivity contribution in [3.8, 4) is 0 Å². The normalized spacial score (nSPS) is 21.0. The Balaban J connectivity index is 0.00000312. The molecule has 2 heterocycles. The van der Waals surface area contributed by atoms with Gasteiger partial charge in [-0.2, -0.15) is 0 Å². The van der Waals surface area contributed by atoms with Crippen molar-refractivity contribution in [3.63, 3.8) is 0 Å². The van der Waals surface area contributed by atoms with Crippen LogP contribution in [0.1, 0.15) is 45.4 Å². The molecule has 0 atom stereocenters. The molecule has 0 amide bonds. The van der Waals surface area contributed by atoms with E-state index in [-0.39, 0.29) is 24.0 Å². The summed E-state index contributed by atoms with van der Waals surface area (Å²) < 4.78 is 5.44. The van der Waals surface area contributed by atoms with Crippen LogP contribution in [0.25, 0.3) is 0 Å². The number of aliphatic imine (C=N–C) groups is 1. The van der Waals surface area contributed by atoms with Crippen LogP contribution in [0.4, 0.5) is 0 Å². The van der Waals surface area contributed by atoms with E-state index < -0.39 is 0 Å². The molecule has 0 unspecified atom stereocenters. The average Bonchev–Trinajstić information content (AvgIpc) is 2.62. The first-order valence-electron chi connectivity index (χ1n) is 9.91. The van der Waals surface area contributed by atoms with Crippen molar-refractivity contribution in [3.05, 3.63) is 0 Å². The molecule has 0 aliphatic carbocycles. The van der Waals surface area contributed by atoms with Crippen LogP contribution >= 0.6 is 24.0 Å². The van der Waals surface area contributed by atoms with Crippen molar-refractivity contribution in [1.29, 1.82) is 0 Å². The Morgan fingerprint density at radius 3 is 2.52 bits per heavy atom. The standard InChI is InChI=1S/C19H38N4O.HI/c1-17-5-13-23(14-6-17)11-4-10-21-19(20-2)22(3)12-7-18-8-15-24-16-9-18;/h17-18H,4-16H2,1-3H3,(H,20,21);1H. The molecule has 0 bridgehead atoms. The third-order valence-corrected chi connectivity index (χ3v) is 5.60. The second-order valence-corrected chi connectivity index (χ2v) is 7.62. The Hall–Kier alpha value is -0.0800. The van der Waals surface area contributed by atoms with Crippen LogP contribution in [-0.4, -0.2) is 75.8 Å². The number of nitrogens with one attached hydrogen (secondary N) is 1. The minimum atomic E-state index is 0. The quantitative estimate of drug-likeness (QED) is 0.271. The summed E-state index contributed by atoms with van der Waals surface area (Å²) in [6, 6.07) is 0. The molecule has 0 radical (unpaired) electrons. The van der Waals surface area contributed by atoms with E-state index in [0.29, 0.717) is 0 Å². The number of hydrogen-bond donors (Lipinski definition) is 1. The second-order valence-electron chi connectivity index (χ2n) is 7.62. The summed E-state index contributed by atoms with van der Waals surface area (Å²) in [7, 11) is 4.04. The molecule has 1 N–H and O–H groups in total. The van der Waals surface area contributed by atoms with Crippen LogP contribution in [0, 0.1) is 11.8 Å². The first-order valence-corrected chi connectivity index (χ1v) is 9.91. The highest BCUT2D eigenvalue weighted by Crippen LogP contribution is 2.18. The van der Waals surface area contributed by atoms with Crippen LogP contribution in [0.2, 0.25) is 0 Å². The summed E-state index contributed by atoms with van der Waals surface area (Å²) in [6.45, 7) is 10.1. The van der Waals surface area contributed by atoms with Crippen molar-refractivity contribution in [2.75, 3.05) is 60.0 Å². The number of ether oxygens (including phenoxy) is 1. The smallest absolute Gasteiger partial charge is 0.193 e. The second kappa shape index (κ2) is 13.1. The molecular weight excluding hydrogens is 427 g/mol. The third kappa shape index (κ3) is 8.91. The lowest BCUT2D eigenvalue weighted by Crippen LogP contribution is -2.41. The molecule has 5 nitrogen and oxygen atoms in total. The molecule has 2 rings (SSSR count). The monoisotopic (exact) mass is 466 g/mol. The first kappa shape index (κ1) is 23.0. The van der Waals surface area contributed by atoms with Crippen LogP contribution in [-0.2, 0) is 4.74 Å². The van der Waals surface area contributed by atoms with E-state index in [9.17, 15) is 0 Å². The van der Waals surface area contributed by atoms with Gasteiger partial charge in [-0.05, 0) is 70.0 Å². The van der Waals surface area contributed by atoms with Gasteiger partial charge in [-0.15, -0.1) is 24.0 Å². The molecule has 2 fully saturated rings. The molecule has 6 heteroatoms. The largest absolute Gasteiger partial charge is 0.381 e. The van der Waals surface area contributed by atoms with Crippen LogP contribution < -0.4 is 5.32 Å². The van der Waals surface area contributed by atoms with Crippen LogP contribution in [0.3, 0.4) is 0 Å². The molecule has 0 spiro atoms. The van der Waals surface area contributed by atoms with E-state index in [0.717, 1.165) is 44.1 Å². The first-order chi connectivity index (χ1) is 11.7. The highest BCUT2D eigenvalue weighted by Gasteiger charge is 2.16. The fourth-order valence-corrected chi connectivity index (χ4v) is 3.69. The minimum Gasteiger partial charge on any atom is -0.381 e. The van der Waals surface area contributed by atoms with Gasteiger partial charge < -0.3 is 19.9 Å². The Kier molecular flexibility index (Phi) is 12.1. The lowest BCUT2D eigenvalue weighted by molar-refractivity contribution is 0.0625. The number of hydrogen-bond acceptors (Lipinski definition) is 3. The topological polar surface area (TPSA) is 40.1 Å². The summed E-state index contributed by atoms with van der Waals surface area (Å²) in [6.07, 6.45) is 7.60. The maximum atomic E-state index is 5.44. The van der Waals surface area contributed by atoms with E-state index in [4.69, 9.17) is 4.74 Å². The molecule has 25 heavy (non-hydrogen) atoms. The molecule has 0 aromatic carbocycles. The average molecular weight is 466 g/mol. The molecule has 2 aliphatic heterocycles. The fourth-order valence-electron chi connectivity index (χ4n) is 3.69. The van der Waals surface area contributed by atoms with E-state index >= 15 is 0 Å². The van der Waals surface area contributed by atoms with E-state index in [1.807, 2.05) is 7.05 Å². The summed E-state index contributed by atoms with van der Waals surface area (Å²) in [5.41, 5.74) is 0. The molecule has 0 aromatic heterocycles. The van der Waals surface area contributed by atoms with Gasteiger partial charge in [0.2, 0.25) is 0 Å². The van der Waals surface area contributed by atoms with Gasteiger partial charge in [0.15, 0.2) is 5.96 Å². The number of likely N-dealkylation sites (tertiary alicyclic amines) is 1. The molecule has 2 aliphatic rings. The Morgan fingerprint density at radius 1 is 1.20 bits per heavy atom. The van der Waals surface area contributed by atoms with Crippen LogP contribution in [0.15, 0.2) is 4.99 Å². The van der Waals surface area contributed by atoms with E-state index in [1.54, 1.807) is 0 Å². The lowest BCUT2D eigenvalue weighted by Gasteiger charge is -2.30. The summed E-state index contributed by atoms with van der Waals surface area (Å²) in [4.78, 5) is 9.33. The molecule has 148 valence electrons.